The third-order valence-corrected chi connectivity index (χ3v) is 3.09. The van der Waals surface area contributed by atoms with Crippen LogP contribution < -0.4 is 5.32 Å². The van der Waals surface area contributed by atoms with E-state index < -0.39 is 11.9 Å². The zero-order chi connectivity index (χ0) is 15.5. The van der Waals surface area contributed by atoms with E-state index in [1.54, 1.807) is 0 Å². The van der Waals surface area contributed by atoms with E-state index in [0.717, 1.165) is 44.4 Å². The number of hydrogen-bond donors (Lipinski definition) is 3. The van der Waals surface area contributed by atoms with Gasteiger partial charge in [0.1, 0.15) is 0 Å². The first kappa shape index (κ1) is 18.3. The Morgan fingerprint density at radius 3 is 2.10 bits per heavy atom. The zero-order valence-corrected chi connectivity index (χ0v) is 12.4. The van der Waals surface area contributed by atoms with Crippen molar-refractivity contribution in [2.45, 2.75) is 6.92 Å². The van der Waals surface area contributed by atoms with Crippen LogP contribution in [-0.4, -0.2) is 76.3 Å². The third kappa shape index (κ3) is 7.70. The molecule has 8 heteroatoms. The third-order valence-electron chi connectivity index (χ3n) is 2.69. The average molecular weight is 303 g/mol. The highest BCUT2D eigenvalue weighted by Gasteiger charge is 2.16. The van der Waals surface area contributed by atoms with E-state index in [-0.39, 0.29) is 0 Å². The van der Waals surface area contributed by atoms with Crippen molar-refractivity contribution >= 4 is 29.3 Å². The predicted octanol–water partition coefficient (Wildman–Crippen LogP) is -0.160. The molecule has 0 aliphatic carbocycles. The molecule has 1 rings (SSSR count). The first-order chi connectivity index (χ1) is 9.42. The van der Waals surface area contributed by atoms with Crippen molar-refractivity contribution in [1.29, 1.82) is 0 Å². The molecule has 0 amide bonds. The highest BCUT2D eigenvalue weighted by Crippen LogP contribution is 2.01. The number of likely N-dealkylation sites (N-methyl/N-ethyl adjacent to an activating group) is 1. The molecule has 0 bridgehead atoms. The molecule has 1 aliphatic heterocycles. The van der Waals surface area contributed by atoms with E-state index in [0.29, 0.717) is 0 Å². The number of nitrogens with one attached hydrogen (secondary N) is 1. The van der Waals surface area contributed by atoms with E-state index >= 15 is 0 Å². The van der Waals surface area contributed by atoms with E-state index in [1.807, 2.05) is 6.08 Å². The van der Waals surface area contributed by atoms with Gasteiger partial charge in [0.2, 0.25) is 0 Å². The van der Waals surface area contributed by atoms with Crippen LogP contribution >= 0.6 is 12.2 Å². The highest BCUT2D eigenvalue weighted by atomic mass is 32.1. The predicted molar refractivity (Wildman–Crippen MR) is 79.8 cm³/mol. The van der Waals surface area contributed by atoms with Crippen LogP contribution in [0.5, 0.6) is 0 Å². The SMILES string of the molecule is C=CCNC(=S)N1CCN(CC)CC1.O=C(O)C(=O)O. The second-order valence-electron chi connectivity index (χ2n) is 4.01. The minimum atomic E-state index is -1.82. The van der Waals surface area contributed by atoms with Gasteiger partial charge in [-0.3, -0.25) is 0 Å². The largest absolute Gasteiger partial charge is 0.473 e. The number of hydrogen-bond acceptors (Lipinski definition) is 4. The molecule has 3 N–H and O–H groups in total. The molecule has 0 radical (unpaired) electrons. The highest BCUT2D eigenvalue weighted by molar-refractivity contribution is 7.80. The Bertz CT molecular complexity index is 343. The van der Waals surface area contributed by atoms with Crippen molar-refractivity contribution < 1.29 is 19.8 Å². The van der Waals surface area contributed by atoms with Crippen LogP contribution in [0.1, 0.15) is 6.92 Å². The Balaban J connectivity index is 0.000000511. The van der Waals surface area contributed by atoms with Crippen molar-refractivity contribution in [3.63, 3.8) is 0 Å². The number of nitrogens with zero attached hydrogens (tertiary/aromatic N) is 2. The lowest BCUT2D eigenvalue weighted by Gasteiger charge is -2.35. The number of piperazine rings is 1. The van der Waals surface area contributed by atoms with Gasteiger partial charge in [-0.15, -0.1) is 6.58 Å². The van der Waals surface area contributed by atoms with Gasteiger partial charge in [-0.25, -0.2) is 9.59 Å². The monoisotopic (exact) mass is 303 g/mol. The Morgan fingerprint density at radius 2 is 1.75 bits per heavy atom. The first-order valence-electron chi connectivity index (χ1n) is 6.24. The molecule has 7 nitrogen and oxygen atoms in total. The summed E-state index contributed by atoms with van der Waals surface area (Å²) in [6, 6.07) is 0. The fourth-order valence-electron chi connectivity index (χ4n) is 1.54. The minimum absolute atomic E-state index is 0.757. The number of carbonyl (C=O) groups is 2. The molecule has 1 aliphatic rings. The molecular formula is C12H21N3O4S. The lowest BCUT2D eigenvalue weighted by atomic mass is 10.3. The summed E-state index contributed by atoms with van der Waals surface area (Å²) in [5.41, 5.74) is 0. The molecule has 0 unspecified atom stereocenters. The van der Waals surface area contributed by atoms with E-state index in [1.165, 1.54) is 0 Å². The van der Waals surface area contributed by atoms with Crippen LogP contribution in [0, 0.1) is 0 Å². The second kappa shape index (κ2) is 10.2. The molecule has 0 aromatic carbocycles. The molecule has 1 fully saturated rings. The van der Waals surface area contributed by atoms with Gasteiger partial charge in [-0.1, -0.05) is 13.0 Å². The van der Waals surface area contributed by atoms with Crippen molar-refractivity contribution in [2.75, 3.05) is 39.3 Å². The van der Waals surface area contributed by atoms with E-state index in [4.69, 9.17) is 32.0 Å². The number of aliphatic carboxylic acids is 2. The number of carboxylic acid groups (broad SMARTS) is 2. The number of rotatable bonds is 3. The van der Waals surface area contributed by atoms with Gasteiger partial charge in [0.25, 0.3) is 0 Å². The van der Waals surface area contributed by atoms with Crippen LogP contribution in [0.25, 0.3) is 0 Å². The van der Waals surface area contributed by atoms with Crippen LogP contribution in [0.3, 0.4) is 0 Å². The van der Waals surface area contributed by atoms with Gasteiger partial charge in [0.15, 0.2) is 5.11 Å². The molecule has 0 saturated carbocycles. The number of thiocarbonyl (C=S) groups is 1. The first-order valence-corrected chi connectivity index (χ1v) is 6.65. The van der Waals surface area contributed by atoms with Crippen LogP contribution in [0.4, 0.5) is 0 Å². The summed E-state index contributed by atoms with van der Waals surface area (Å²) in [6.45, 7) is 12.1. The zero-order valence-electron chi connectivity index (χ0n) is 11.5. The summed E-state index contributed by atoms with van der Waals surface area (Å²) >= 11 is 5.26. The summed E-state index contributed by atoms with van der Waals surface area (Å²) in [7, 11) is 0. The molecule has 0 atom stereocenters. The van der Waals surface area contributed by atoms with Crippen LogP contribution in [-0.2, 0) is 9.59 Å². The van der Waals surface area contributed by atoms with Crippen molar-refractivity contribution in [2.24, 2.45) is 0 Å². The fourth-order valence-corrected chi connectivity index (χ4v) is 1.80. The van der Waals surface area contributed by atoms with Crippen LogP contribution in [0.15, 0.2) is 12.7 Å². The molecular weight excluding hydrogens is 282 g/mol. The van der Waals surface area contributed by atoms with Gasteiger partial charge in [0.05, 0.1) is 0 Å². The van der Waals surface area contributed by atoms with Gasteiger partial charge in [-0.2, -0.15) is 0 Å². The number of carboxylic acids is 2. The Kier molecular flexibility index (Phi) is 9.31. The molecule has 20 heavy (non-hydrogen) atoms. The maximum Gasteiger partial charge on any atom is 0.414 e. The molecule has 114 valence electrons. The molecule has 1 heterocycles. The molecule has 1 saturated heterocycles. The quantitative estimate of drug-likeness (QED) is 0.376. The normalized spacial score (nSPS) is 14.8. The smallest absolute Gasteiger partial charge is 0.414 e. The fraction of sp³-hybridized carbons (Fsp3) is 0.583. The van der Waals surface area contributed by atoms with Crippen molar-refractivity contribution in [1.82, 2.24) is 15.1 Å². The second-order valence-corrected chi connectivity index (χ2v) is 4.39. The molecule has 0 spiro atoms. The maximum absolute atomic E-state index is 9.10. The van der Waals surface area contributed by atoms with Gasteiger partial charge < -0.3 is 25.3 Å². The van der Waals surface area contributed by atoms with E-state index in [2.05, 4.69) is 28.6 Å². The average Bonchev–Trinajstić information content (AvgIpc) is 2.45. The minimum Gasteiger partial charge on any atom is -0.473 e. The topological polar surface area (TPSA) is 93.1 Å². The van der Waals surface area contributed by atoms with Crippen molar-refractivity contribution in [3.8, 4) is 0 Å². The summed E-state index contributed by atoms with van der Waals surface area (Å²) in [6.07, 6.45) is 1.83. The van der Waals surface area contributed by atoms with Gasteiger partial charge in [-0.05, 0) is 18.8 Å². The Labute approximate surface area is 123 Å². The lowest BCUT2D eigenvalue weighted by molar-refractivity contribution is -0.159. The van der Waals surface area contributed by atoms with Gasteiger partial charge in [0, 0.05) is 32.7 Å². The van der Waals surface area contributed by atoms with Crippen molar-refractivity contribution in [3.05, 3.63) is 12.7 Å². The maximum atomic E-state index is 9.10. The standard InChI is InChI=1S/C10H19N3S.C2H2O4/c1-3-5-11-10(14)13-8-6-12(4-2)7-9-13;3-1(4)2(5)6/h3H,1,4-9H2,2H3,(H,11,14);(H,3,4)(H,5,6). The Morgan fingerprint density at radius 1 is 1.25 bits per heavy atom. The molecule has 0 aromatic heterocycles. The van der Waals surface area contributed by atoms with Gasteiger partial charge >= 0.3 is 11.9 Å². The van der Waals surface area contributed by atoms with E-state index in [9.17, 15) is 0 Å². The Hall–Kier alpha value is -1.67. The summed E-state index contributed by atoms with van der Waals surface area (Å²) in [4.78, 5) is 22.9. The summed E-state index contributed by atoms with van der Waals surface area (Å²) in [5.74, 6) is -3.65. The molecule has 0 aromatic rings. The summed E-state index contributed by atoms with van der Waals surface area (Å²) in [5, 5.41) is 18.8. The summed E-state index contributed by atoms with van der Waals surface area (Å²) < 4.78 is 0. The van der Waals surface area contributed by atoms with Crippen LogP contribution in [0.2, 0.25) is 0 Å². The lowest BCUT2D eigenvalue weighted by Crippen LogP contribution is -2.51.